The van der Waals surface area contributed by atoms with Gasteiger partial charge in [-0.15, -0.1) is 0 Å². The van der Waals surface area contributed by atoms with E-state index in [1.165, 1.54) is 0 Å². The Hall–Kier alpha value is -1.88. The number of hydrogen-bond donors (Lipinski definition) is 2. The van der Waals surface area contributed by atoms with Gasteiger partial charge in [-0.1, -0.05) is 28.1 Å². The Morgan fingerprint density at radius 3 is 2.52 bits per heavy atom. The fourth-order valence-corrected chi connectivity index (χ4v) is 2.31. The largest absolute Gasteiger partial charge is 0.373 e. The van der Waals surface area contributed by atoms with Crippen molar-refractivity contribution in [3.63, 3.8) is 0 Å². The Morgan fingerprint density at radius 2 is 1.90 bits per heavy atom. The second-order valence-corrected chi connectivity index (χ2v) is 5.79. The Morgan fingerprint density at radius 1 is 1.24 bits per heavy atom. The Labute approximate surface area is 133 Å². The number of aryl methyl sites for hydroxylation is 1. The van der Waals surface area contributed by atoms with Crippen LogP contribution in [-0.2, 0) is 0 Å². The smallest absolute Gasteiger partial charge is 0.251 e. The molecule has 1 heterocycles. The summed E-state index contributed by atoms with van der Waals surface area (Å²) in [7, 11) is 1.79. The Balaban J connectivity index is 2.13. The molecule has 1 atom stereocenters. The number of benzene rings is 1. The van der Waals surface area contributed by atoms with Gasteiger partial charge in [-0.05, 0) is 43.7 Å². The van der Waals surface area contributed by atoms with Gasteiger partial charge in [-0.3, -0.25) is 4.79 Å². The van der Waals surface area contributed by atoms with Crippen LogP contribution in [0, 0.1) is 6.92 Å². The van der Waals surface area contributed by atoms with Crippen LogP contribution >= 0.6 is 15.9 Å². The average molecular weight is 348 g/mol. The Kier molecular flexibility index (Phi) is 4.96. The number of hydrogen-bond acceptors (Lipinski definition) is 3. The van der Waals surface area contributed by atoms with E-state index in [4.69, 9.17) is 0 Å². The molecule has 2 rings (SSSR count). The standard InChI is InChI=1S/C16H18BrN3O/c1-10-8-13(9-15(18-3)19-10)16(21)20-11(2)12-4-6-14(17)7-5-12/h4-9,11H,1-3H3,(H,18,19)(H,20,21). The minimum absolute atomic E-state index is 0.0582. The molecule has 0 aliphatic heterocycles. The van der Waals surface area contributed by atoms with Gasteiger partial charge in [0.05, 0.1) is 6.04 Å². The second kappa shape index (κ2) is 6.72. The van der Waals surface area contributed by atoms with Crippen LogP contribution in [0.1, 0.15) is 34.6 Å². The van der Waals surface area contributed by atoms with Gasteiger partial charge in [0.1, 0.15) is 5.82 Å². The van der Waals surface area contributed by atoms with Crippen molar-refractivity contribution in [1.29, 1.82) is 0 Å². The number of amides is 1. The number of carbonyl (C=O) groups is 1. The van der Waals surface area contributed by atoms with Crippen molar-refractivity contribution in [3.05, 3.63) is 57.7 Å². The summed E-state index contributed by atoms with van der Waals surface area (Å²) in [6, 6.07) is 11.4. The minimum atomic E-state index is -0.104. The number of carbonyl (C=O) groups excluding carboxylic acids is 1. The van der Waals surface area contributed by atoms with E-state index in [1.54, 1.807) is 19.2 Å². The van der Waals surface area contributed by atoms with Gasteiger partial charge >= 0.3 is 0 Å². The molecule has 1 amide bonds. The van der Waals surface area contributed by atoms with Crippen LogP contribution in [0.5, 0.6) is 0 Å². The topological polar surface area (TPSA) is 54.0 Å². The van der Waals surface area contributed by atoms with E-state index in [0.29, 0.717) is 11.4 Å². The molecule has 0 spiro atoms. The summed E-state index contributed by atoms with van der Waals surface area (Å²) < 4.78 is 1.02. The monoisotopic (exact) mass is 347 g/mol. The van der Waals surface area contributed by atoms with E-state index in [2.05, 4.69) is 31.5 Å². The number of rotatable bonds is 4. The number of anilines is 1. The van der Waals surface area contributed by atoms with E-state index in [0.717, 1.165) is 15.7 Å². The zero-order valence-electron chi connectivity index (χ0n) is 12.3. The summed E-state index contributed by atoms with van der Waals surface area (Å²) in [6.07, 6.45) is 0. The van der Waals surface area contributed by atoms with Crippen molar-refractivity contribution in [2.45, 2.75) is 19.9 Å². The van der Waals surface area contributed by atoms with E-state index in [-0.39, 0.29) is 11.9 Å². The van der Waals surface area contributed by atoms with Gasteiger partial charge in [-0.25, -0.2) is 4.98 Å². The number of nitrogens with zero attached hydrogens (tertiary/aromatic N) is 1. The summed E-state index contributed by atoms with van der Waals surface area (Å²) in [5.74, 6) is 0.587. The second-order valence-electron chi connectivity index (χ2n) is 4.88. The maximum absolute atomic E-state index is 12.3. The first-order valence-electron chi connectivity index (χ1n) is 6.72. The molecule has 0 aliphatic rings. The molecular formula is C16H18BrN3O. The lowest BCUT2D eigenvalue weighted by Gasteiger charge is -2.15. The van der Waals surface area contributed by atoms with Crippen LogP contribution in [0.2, 0.25) is 0 Å². The first-order valence-corrected chi connectivity index (χ1v) is 7.51. The maximum Gasteiger partial charge on any atom is 0.251 e. The van der Waals surface area contributed by atoms with Crippen LogP contribution in [0.15, 0.2) is 40.9 Å². The summed E-state index contributed by atoms with van der Waals surface area (Å²) in [4.78, 5) is 16.6. The van der Waals surface area contributed by atoms with Crippen LogP contribution in [0.3, 0.4) is 0 Å². The van der Waals surface area contributed by atoms with Crippen LogP contribution in [0.4, 0.5) is 5.82 Å². The molecular weight excluding hydrogens is 330 g/mol. The third kappa shape index (κ3) is 4.04. The lowest BCUT2D eigenvalue weighted by molar-refractivity contribution is 0.0939. The molecule has 1 unspecified atom stereocenters. The van der Waals surface area contributed by atoms with Crippen molar-refractivity contribution < 1.29 is 4.79 Å². The molecule has 0 saturated carbocycles. The van der Waals surface area contributed by atoms with Gasteiger partial charge in [0.2, 0.25) is 0 Å². The molecule has 2 N–H and O–H groups in total. The highest BCUT2D eigenvalue weighted by Crippen LogP contribution is 2.17. The van der Waals surface area contributed by atoms with E-state index >= 15 is 0 Å². The highest BCUT2D eigenvalue weighted by atomic mass is 79.9. The molecule has 0 aliphatic carbocycles. The van der Waals surface area contributed by atoms with Crippen molar-refractivity contribution >= 4 is 27.7 Å². The molecule has 2 aromatic rings. The summed E-state index contributed by atoms with van der Waals surface area (Å²) in [5, 5.41) is 5.96. The van der Waals surface area contributed by atoms with Crippen molar-refractivity contribution in [2.24, 2.45) is 0 Å². The average Bonchev–Trinajstić information content (AvgIpc) is 2.47. The van der Waals surface area contributed by atoms with E-state index in [9.17, 15) is 4.79 Å². The molecule has 0 fully saturated rings. The SMILES string of the molecule is CNc1cc(C(=O)NC(C)c2ccc(Br)cc2)cc(C)n1. The zero-order chi connectivity index (χ0) is 15.4. The van der Waals surface area contributed by atoms with E-state index in [1.807, 2.05) is 38.1 Å². The zero-order valence-corrected chi connectivity index (χ0v) is 13.9. The molecule has 110 valence electrons. The van der Waals surface area contributed by atoms with Crippen molar-refractivity contribution in [2.75, 3.05) is 12.4 Å². The van der Waals surface area contributed by atoms with Crippen LogP contribution in [0.25, 0.3) is 0 Å². The van der Waals surface area contributed by atoms with E-state index < -0.39 is 0 Å². The van der Waals surface area contributed by atoms with Gasteiger partial charge in [0.15, 0.2) is 0 Å². The number of nitrogens with one attached hydrogen (secondary N) is 2. The highest BCUT2D eigenvalue weighted by molar-refractivity contribution is 9.10. The highest BCUT2D eigenvalue weighted by Gasteiger charge is 2.12. The number of halogens is 1. The molecule has 0 radical (unpaired) electrons. The van der Waals surface area contributed by atoms with Gasteiger partial charge < -0.3 is 10.6 Å². The maximum atomic E-state index is 12.3. The molecule has 0 bridgehead atoms. The summed E-state index contributed by atoms with van der Waals surface area (Å²) in [6.45, 7) is 3.84. The lowest BCUT2D eigenvalue weighted by atomic mass is 10.1. The van der Waals surface area contributed by atoms with Gasteiger partial charge in [-0.2, -0.15) is 0 Å². The fourth-order valence-electron chi connectivity index (χ4n) is 2.04. The number of pyridine rings is 1. The summed E-state index contributed by atoms with van der Waals surface area (Å²) in [5.41, 5.74) is 2.48. The molecule has 0 saturated heterocycles. The third-order valence-corrected chi connectivity index (χ3v) is 3.72. The number of aromatic nitrogens is 1. The van der Waals surface area contributed by atoms with Crippen LogP contribution in [-0.4, -0.2) is 17.9 Å². The minimum Gasteiger partial charge on any atom is -0.373 e. The first kappa shape index (κ1) is 15.5. The van der Waals surface area contributed by atoms with Crippen molar-refractivity contribution in [1.82, 2.24) is 10.3 Å². The molecule has 4 nitrogen and oxygen atoms in total. The summed E-state index contributed by atoms with van der Waals surface area (Å²) >= 11 is 3.40. The quantitative estimate of drug-likeness (QED) is 0.886. The molecule has 5 heteroatoms. The molecule has 1 aromatic carbocycles. The lowest BCUT2D eigenvalue weighted by Crippen LogP contribution is -2.26. The predicted octanol–water partition coefficient (Wildman–Crippen LogP) is 3.69. The normalized spacial score (nSPS) is 11.8. The Bertz CT molecular complexity index is 640. The fraction of sp³-hybridized carbons (Fsp3) is 0.250. The predicted molar refractivity (Wildman–Crippen MR) is 88.5 cm³/mol. The molecule has 21 heavy (non-hydrogen) atoms. The third-order valence-electron chi connectivity index (χ3n) is 3.19. The van der Waals surface area contributed by atoms with Crippen molar-refractivity contribution in [3.8, 4) is 0 Å². The van der Waals surface area contributed by atoms with Crippen LogP contribution < -0.4 is 10.6 Å². The molecule has 1 aromatic heterocycles. The van der Waals surface area contributed by atoms with Gasteiger partial charge in [0, 0.05) is 22.8 Å². The van der Waals surface area contributed by atoms with Gasteiger partial charge in [0.25, 0.3) is 5.91 Å². The first-order chi connectivity index (χ1) is 9.99.